The van der Waals surface area contributed by atoms with Crippen LogP contribution in [0.3, 0.4) is 0 Å². The minimum absolute atomic E-state index is 0.806. The summed E-state index contributed by atoms with van der Waals surface area (Å²) < 4.78 is 5.82. The number of aryl methyl sites for hydroxylation is 3. The Kier molecular flexibility index (Phi) is 3.07. The monoisotopic (exact) mass is 290 g/mol. The van der Waals surface area contributed by atoms with Gasteiger partial charge in [0.1, 0.15) is 5.52 Å². The fourth-order valence-corrected chi connectivity index (χ4v) is 2.98. The molecule has 0 fully saturated rings. The average Bonchev–Trinajstić information content (AvgIpc) is 3.05. The summed E-state index contributed by atoms with van der Waals surface area (Å²) in [6, 6.07) is 12.7. The van der Waals surface area contributed by atoms with E-state index in [-0.39, 0.29) is 0 Å². The molecule has 3 nitrogen and oxygen atoms in total. The Morgan fingerprint density at radius 2 is 1.95 bits per heavy atom. The van der Waals surface area contributed by atoms with E-state index < -0.39 is 0 Å². The van der Waals surface area contributed by atoms with E-state index in [2.05, 4.69) is 54.2 Å². The highest BCUT2D eigenvalue weighted by Crippen LogP contribution is 2.28. The zero-order valence-corrected chi connectivity index (χ0v) is 12.9. The molecule has 0 unspecified atom stereocenters. The molecule has 3 heteroatoms. The molecule has 0 saturated heterocycles. The fourth-order valence-electron chi connectivity index (χ4n) is 2.98. The van der Waals surface area contributed by atoms with E-state index in [0.717, 1.165) is 41.9 Å². The van der Waals surface area contributed by atoms with Crippen molar-refractivity contribution in [3.05, 3.63) is 59.0 Å². The summed E-state index contributed by atoms with van der Waals surface area (Å²) in [5.74, 6) is 0.806. The number of aromatic nitrogens is 1. The molecule has 1 aliphatic rings. The van der Waals surface area contributed by atoms with Crippen molar-refractivity contribution in [1.82, 2.24) is 4.98 Å². The number of fused-ring (bicyclic) bond motifs is 2. The van der Waals surface area contributed by atoms with Crippen molar-refractivity contribution in [2.45, 2.75) is 33.1 Å². The zero-order chi connectivity index (χ0) is 15.1. The molecule has 110 valence electrons. The van der Waals surface area contributed by atoms with Crippen molar-refractivity contribution in [3.8, 4) is 0 Å². The van der Waals surface area contributed by atoms with Crippen LogP contribution in [0.25, 0.3) is 11.1 Å². The summed E-state index contributed by atoms with van der Waals surface area (Å²) >= 11 is 0. The maximum Gasteiger partial charge on any atom is 0.195 e. The lowest BCUT2D eigenvalue weighted by atomic mass is 10.0. The first-order valence-corrected chi connectivity index (χ1v) is 7.69. The van der Waals surface area contributed by atoms with Gasteiger partial charge in [-0.05, 0) is 55.2 Å². The molecule has 0 N–H and O–H groups in total. The van der Waals surface area contributed by atoms with Gasteiger partial charge in [-0.3, -0.25) is 4.99 Å². The standard InChI is InChI=1S/C19H18N2O/c1-12-3-7-18-17(9-12)21-19(22-18)8-5-14-4-6-15-10-13(2)20-16(15)11-14/h3-4,6-7,9,11H,5,8,10H2,1-2H3. The zero-order valence-electron chi connectivity index (χ0n) is 12.9. The van der Waals surface area contributed by atoms with Gasteiger partial charge in [0, 0.05) is 18.6 Å². The quantitative estimate of drug-likeness (QED) is 0.708. The van der Waals surface area contributed by atoms with Gasteiger partial charge in [0.05, 0.1) is 5.69 Å². The van der Waals surface area contributed by atoms with Gasteiger partial charge in [-0.2, -0.15) is 0 Å². The second-order valence-electron chi connectivity index (χ2n) is 6.07. The van der Waals surface area contributed by atoms with E-state index in [4.69, 9.17) is 4.42 Å². The van der Waals surface area contributed by atoms with Gasteiger partial charge >= 0.3 is 0 Å². The minimum Gasteiger partial charge on any atom is -0.441 e. The van der Waals surface area contributed by atoms with Gasteiger partial charge in [0.25, 0.3) is 0 Å². The molecular formula is C19H18N2O. The summed E-state index contributed by atoms with van der Waals surface area (Å²) in [6.07, 6.45) is 2.73. The molecular weight excluding hydrogens is 272 g/mol. The van der Waals surface area contributed by atoms with Crippen molar-refractivity contribution in [3.63, 3.8) is 0 Å². The van der Waals surface area contributed by atoms with E-state index in [1.807, 2.05) is 6.07 Å². The van der Waals surface area contributed by atoms with Crippen molar-refractivity contribution in [2.24, 2.45) is 4.99 Å². The van der Waals surface area contributed by atoms with Crippen molar-refractivity contribution < 1.29 is 4.42 Å². The molecule has 22 heavy (non-hydrogen) atoms. The number of rotatable bonds is 3. The SMILES string of the molecule is CC1=Nc2cc(CCc3nc4cc(C)ccc4o3)ccc2C1. The number of hydrogen-bond acceptors (Lipinski definition) is 3. The van der Waals surface area contributed by atoms with Crippen LogP contribution in [0, 0.1) is 6.92 Å². The second kappa shape index (κ2) is 5.09. The Balaban J connectivity index is 1.53. The van der Waals surface area contributed by atoms with Crippen LogP contribution in [0.4, 0.5) is 5.69 Å². The molecule has 0 atom stereocenters. The number of nitrogens with zero attached hydrogens (tertiary/aromatic N) is 2. The van der Waals surface area contributed by atoms with Gasteiger partial charge in [-0.15, -0.1) is 0 Å². The predicted octanol–water partition coefficient (Wildman–Crippen LogP) is 4.57. The molecule has 1 aliphatic heterocycles. The van der Waals surface area contributed by atoms with Gasteiger partial charge in [-0.1, -0.05) is 18.2 Å². The maximum absolute atomic E-state index is 5.82. The second-order valence-corrected chi connectivity index (χ2v) is 6.07. The van der Waals surface area contributed by atoms with E-state index in [0.29, 0.717) is 0 Å². The molecule has 1 aromatic heterocycles. The smallest absolute Gasteiger partial charge is 0.195 e. The lowest BCUT2D eigenvalue weighted by Crippen LogP contribution is -1.92. The topological polar surface area (TPSA) is 38.4 Å². The highest BCUT2D eigenvalue weighted by Gasteiger charge is 2.12. The van der Waals surface area contributed by atoms with Crippen LogP contribution in [-0.2, 0) is 19.3 Å². The van der Waals surface area contributed by atoms with Crippen LogP contribution in [-0.4, -0.2) is 10.7 Å². The van der Waals surface area contributed by atoms with E-state index in [1.165, 1.54) is 22.4 Å². The van der Waals surface area contributed by atoms with Crippen molar-refractivity contribution >= 4 is 22.5 Å². The average molecular weight is 290 g/mol. The number of oxazole rings is 1. The molecule has 0 spiro atoms. The van der Waals surface area contributed by atoms with Gasteiger partial charge < -0.3 is 4.42 Å². The molecule has 2 aromatic carbocycles. The van der Waals surface area contributed by atoms with Gasteiger partial charge in [-0.25, -0.2) is 4.98 Å². The predicted molar refractivity (Wildman–Crippen MR) is 89.1 cm³/mol. The molecule has 0 aliphatic carbocycles. The first-order valence-electron chi connectivity index (χ1n) is 7.69. The maximum atomic E-state index is 5.82. The van der Waals surface area contributed by atoms with Gasteiger partial charge in [0.2, 0.25) is 0 Å². The molecule has 2 heterocycles. The normalized spacial score (nSPS) is 13.5. The van der Waals surface area contributed by atoms with E-state index >= 15 is 0 Å². The van der Waals surface area contributed by atoms with E-state index in [9.17, 15) is 0 Å². The Bertz CT molecular complexity index is 890. The first kappa shape index (κ1) is 13.3. The molecule has 3 aromatic rings. The summed E-state index contributed by atoms with van der Waals surface area (Å²) in [6.45, 7) is 4.15. The third kappa shape index (κ3) is 2.43. The number of hydrogen-bond donors (Lipinski definition) is 0. The third-order valence-electron chi connectivity index (χ3n) is 4.12. The Hall–Kier alpha value is -2.42. The lowest BCUT2D eigenvalue weighted by molar-refractivity contribution is 0.528. The molecule has 0 saturated carbocycles. The summed E-state index contributed by atoms with van der Waals surface area (Å²) in [7, 11) is 0. The number of aliphatic imine (C=N–C) groups is 1. The summed E-state index contributed by atoms with van der Waals surface area (Å²) in [4.78, 5) is 9.17. The van der Waals surface area contributed by atoms with Crippen LogP contribution >= 0.6 is 0 Å². The van der Waals surface area contributed by atoms with E-state index in [1.54, 1.807) is 0 Å². The first-order chi connectivity index (χ1) is 10.7. The highest BCUT2D eigenvalue weighted by molar-refractivity contribution is 5.92. The fraction of sp³-hybridized carbons (Fsp3) is 0.263. The molecule has 0 radical (unpaired) electrons. The Morgan fingerprint density at radius 1 is 1.05 bits per heavy atom. The Labute approximate surface area is 129 Å². The van der Waals surface area contributed by atoms with Crippen LogP contribution in [0.5, 0.6) is 0 Å². The van der Waals surface area contributed by atoms with Crippen molar-refractivity contribution in [2.75, 3.05) is 0 Å². The minimum atomic E-state index is 0.806. The van der Waals surface area contributed by atoms with Crippen LogP contribution in [0.15, 0.2) is 45.8 Å². The number of benzene rings is 2. The Morgan fingerprint density at radius 3 is 2.86 bits per heavy atom. The van der Waals surface area contributed by atoms with Crippen LogP contribution in [0.2, 0.25) is 0 Å². The highest BCUT2D eigenvalue weighted by atomic mass is 16.3. The van der Waals surface area contributed by atoms with Crippen LogP contribution in [0.1, 0.15) is 29.5 Å². The van der Waals surface area contributed by atoms with Crippen molar-refractivity contribution in [1.29, 1.82) is 0 Å². The summed E-state index contributed by atoms with van der Waals surface area (Å²) in [5, 5.41) is 0. The molecule has 4 rings (SSSR count). The summed E-state index contributed by atoms with van der Waals surface area (Å²) in [5.41, 5.74) is 7.97. The third-order valence-corrected chi connectivity index (χ3v) is 4.12. The van der Waals surface area contributed by atoms with Crippen LogP contribution < -0.4 is 0 Å². The largest absolute Gasteiger partial charge is 0.441 e. The lowest BCUT2D eigenvalue weighted by Gasteiger charge is -2.02. The molecule has 0 bridgehead atoms. The molecule has 0 amide bonds. The van der Waals surface area contributed by atoms with Gasteiger partial charge in [0.15, 0.2) is 11.5 Å².